The third kappa shape index (κ3) is 4.67. The maximum atomic E-state index is 12.4. The average molecular weight is 308 g/mol. The molecule has 2 aromatic carbocycles. The van der Waals surface area contributed by atoms with Crippen molar-refractivity contribution in [1.82, 2.24) is 5.32 Å². The highest BCUT2D eigenvalue weighted by Gasteiger charge is 2.33. The highest BCUT2D eigenvalue weighted by molar-refractivity contribution is 5.82. The zero-order valence-corrected chi connectivity index (χ0v) is 13.3. The fourth-order valence-corrected chi connectivity index (χ4v) is 2.95. The number of carbonyl (C=O) groups excluding carboxylic acids is 1. The number of nitrogens with one attached hydrogen (secondary N) is 1. The van der Waals surface area contributed by atoms with E-state index in [0.717, 1.165) is 12.0 Å². The van der Waals surface area contributed by atoms with Gasteiger partial charge in [0.05, 0.1) is 6.04 Å². The van der Waals surface area contributed by atoms with E-state index in [1.807, 2.05) is 48.5 Å². The van der Waals surface area contributed by atoms with Crippen molar-refractivity contribution in [3.05, 3.63) is 71.8 Å². The van der Waals surface area contributed by atoms with Gasteiger partial charge in [-0.2, -0.15) is 0 Å². The topological polar surface area (TPSA) is 55.1 Å². The number of carbonyl (C=O) groups is 1. The molecule has 120 valence electrons. The third-order valence-electron chi connectivity index (χ3n) is 4.45. The number of hydrogen-bond acceptors (Lipinski definition) is 2. The van der Waals surface area contributed by atoms with Crippen LogP contribution >= 0.6 is 0 Å². The second-order valence-corrected chi connectivity index (χ2v) is 6.44. The van der Waals surface area contributed by atoms with E-state index in [-0.39, 0.29) is 11.9 Å². The standard InChI is InChI=1S/C20H24N2O/c21-18(13-15-7-3-1-4-8-15)20(23)22-19(17-11-12-17)14-16-9-5-2-6-10-16/h1-10,17-19H,11-14,21H2,(H,22,23)/t18-,19?/m0/s1. The molecular weight excluding hydrogens is 284 g/mol. The summed E-state index contributed by atoms with van der Waals surface area (Å²) < 4.78 is 0. The summed E-state index contributed by atoms with van der Waals surface area (Å²) in [6.07, 6.45) is 3.86. The first kappa shape index (κ1) is 15.8. The van der Waals surface area contributed by atoms with E-state index in [4.69, 9.17) is 5.73 Å². The predicted molar refractivity (Wildman–Crippen MR) is 92.9 cm³/mol. The monoisotopic (exact) mass is 308 g/mol. The van der Waals surface area contributed by atoms with Crippen LogP contribution in [0, 0.1) is 5.92 Å². The van der Waals surface area contributed by atoms with Crippen molar-refractivity contribution in [2.75, 3.05) is 0 Å². The predicted octanol–water partition coefficient (Wildman–Crippen LogP) is 2.69. The van der Waals surface area contributed by atoms with E-state index in [1.54, 1.807) is 0 Å². The molecule has 0 radical (unpaired) electrons. The van der Waals surface area contributed by atoms with Crippen LogP contribution in [-0.2, 0) is 17.6 Å². The van der Waals surface area contributed by atoms with Crippen LogP contribution in [0.4, 0.5) is 0 Å². The second-order valence-electron chi connectivity index (χ2n) is 6.44. The number of nitrogens with two attached hydrogens (primary N) is 1. The molecule has 23 heavy (non-hydrogen) atoms. The molecule has 3 rings (SSSR count). The molecule has 3 heteroatoms. The summed E-state index contributed by atoms with van der Waals surface area (Å²) in [6, 6.07) is 20.0. The fraction of sp³-hybridized carbons (Fsp3) is 0.350. The molecule has 0 aliphatic heterocycles. The Morgan fingerprint density at radius 3 is 2.00 bits per heavy atom. The van der Waals surface area contributed by atoms with Gasteiger partial charge in [-0.15, -0.1) is 0 Å². The largest absolute Gasteiger partial charge is 0.351 e. The molecule has 0 heterocycles. The Kier molecular flexibility index (Phi) is 5.09. The van der Waals surface area contributed by atoms with Gasteiger partial charge >= 0.3 is 0 Å². The van der Waals surface area contributed by atoms with Crippen molar-refractivity contribution in [2.24, 2.45) is 11.7 Å². The van der Waals surface area contributed by atoms with E-state index in [1.165, 1.54) is 18.4 Å². The Balaban J connectivity index is 1.57. The maximum absolute atomic E-state index is 12.4. The summed E-state index contributed by atoms with van der Waals surface area (Å²) >= 11 is 0. The molecule has 2 atom stereocenters. The van der Waals surface area contributed by atoms with Crippen LogP contribution in [0.1, 0.15) is 24.0 Å². The van der Waals surface area contributed by atoms with E-state index in [0.29, 0.717) is 12.3 Å². The van der Waals surface area contributed by atoms with E-state index in [2.05, 4.69) is 17.4 Å². The number of hydrogen-bond donors (Lipinski definition) is 2. The first-order chi connectivity index (χ1) is 11.2. The molecule has 0 bridgehead atoms. The molecule has 0 aromatic heterocycles. The Morgan fingerprint density at radius 1 is 0.957 bits per heavy atom. The smallest absolute Gasteiger partial charge is 0.237 e. The van der Waals surface area contributed by atoms with Gasteiger partial charge in [0.2, 0.25) is 5.91 Å². The van der Waals surface area contributed by atoms with Crippen molar-refractivity contribution < 1.29 is 4.79 Å². The van der Waals surface area contributed by atoms with Gasteiger partial charge < -0.3 is 11.1 Å². The Labute approximate surface area is 137 Å². The molecule has 2 aromatic rings. The van der Waals surface area contributed by atoms with Gasteiger partial charge in [0.25, 0.3) is 0 Å². The SMILES string of the molecule is N[C@@H](Cc1ccccc1)C(=O)NC(Cc1ccccc1)C1CC1. The van der Waals surface area contributed by atoms with E-state index >= 15 is 0 Å². The highest BCUT2D eigenvalue weighted by Crippen LogP contribution is 2.34. The van der Waals surface area contributed by atoms with Crippen LogP contribution in [0.15, 0.2) is 60.7 Å². The van der Waals surface area contributed by atoms with Crippen LogP contribution in [0.5, 0.6) is 0 Å². The van der Waals surface area contributed by atoms with Gasteiger partial charge in [-0.05, 0) is 42.7 Å². The van der Waals surface area contributed by atoms with Crippen LogP contribution in [0.3, 0.4) is 0 Å². The molecule has 1 aliphatic carbocycles. The van der Waals surface area contributed by atoms with E-state index in [9.17, 15) is 4.79 Å². The highest BCUT2D eigenvalue weighted by atomic mass is 16.2. The van der Waals surface area contributed by atoms with Gasteiger partial charge in [-0.25, -0.2) is 0 Å². The summed E-state index contributed by atoms with van der Waals surface area (Å²) in [6.45, 7) is 0. The molecule has 0 spiro atoms. The summed E-state index contributed by atoms with van der Waals surface area (Å²) in [4.78, 5) is 12.4. The van der Waals surface area contributed by atoms with Crippen LogP contribution in [0.25, 0.3) is 0 Å². The minimum absolute atomic E-state index is 0.0401. The molecule has 1 aliphatic rings. The third-order valence-corrected chi connectivity index (χ3v) is 4.45. The first-order valence-electron chi connectivity index (χ1n) is 8.36. The van der Waals surface area contributed by atoms with Gasteiger partial charge in [-0.3, -0.25) is 4.79 Å². The zero-order chi connectivity index (χ0) is 16.1. The molecule has 0 saturated heterocycles. The Morgan fingerprint density at radius 2 is 1.48 bits per heavy atom. The van der Waals surface area contributed by atoms with Crippen molar-refractivity contribution in [3.8, 4) is 0 Å². The first-order valence-corrected chi connectivity index (χ1v) is 8.36. The minimum Gasteiger partial charge on any atom is -0.351 e. The molecule has 3 nitrogen and oxygen atoms in total. The van der Waals surface area contributed by atoms with Crippen molar-refractivity contribution in [3.63, 3.8) is 0 Å². The molecule has 1 amide bonds. The number of benzene rings is 2. The summed E-state index contributed by atoms with van der Waals surface area (Å²) in [5, 5.41) is 3.18. The van der Waals surface area contributed by atoms with Crippen molar-refractivity contribution >= 4 is 5.91 Å². The van der Waals surface area contributed by atoms with Crippen LogP contribution in [-0.4, -0.2) is 18.0 Å². The lowest BCUT2D eigenvalue weighted by Crippen LogP contribution is -2.47. The number of rotatable bonds is 7. The lowest BCUT2D eigenvalue weighted by atomic mass is 10.0. The average Bonchev–Trinajstić information content (AvgIpc) is 3.41. The van der Waals surface area contributed by atoms with Gasteiger partial charge in [0.1, 0.15) is 0 Å². The molecular formula is C20H24N2O. The number of amides is 1. The summed E-state index contributed by atoms with van der Waals surface area (Å²) in [7, 11) is 0. The van der Waals surface area contributed by atoms with Crippen molar-refractivity contribution in [1.29, 1.82) is 0 Å². The fourth-order valence-electron chi connectivity index (χ4n) is 2.95. The molecule has 1 unspecified atom stereocenters. The molecule has 1 fully saturated rings. The Bertz CT molecular complexity index is 623. The maximum Gasteiger partial charge on any atom is 0.237 e. The van der Waals surface area contributed by atoms with Gasteiger partial charge in [-0.1, -0.05) is 60.7 Å². The zero-order valence-electron chi connectivity index (χ0n) is 13.3. The summed E-state index contributed by atoms with van der Waals surface area (Å²) in [5.74, 6) is 0.560. The van der Waals surface area contributed by atoms with Gasteiger partial charge in [0.15, 0.2) is 0 Å². The molecule has 3 N–H and O–H groups in total. The van der Waals surface area contributed by atoms with Gasteiger partial charge in [0, 0.05) is 6.04 Å². The second kappa shape index (κ2) is 7.42. The lowest BCUT2D eigenvalue weighted by molar-refractivity contribution is -0.123. The van der Waals surface area contributed by atoms with E-state index < -0.39 is 6.04 Å². The van der Waals surface area contributed by atoms with Crippen LogP contribution in [0.2, 0.25) is 0 Å². The Hall–Kier alpha value is -2.13. The van der Waals surface area contributed by atoms with Crippen LogP contribution < -0.4 is 11.1 Å². The molecule has 1 saturated carbocycles. The van der Waals surface area contributed by atoms with Crippen molar-refractivity contribution in [2.45, 2.75) is 37.8 Å². The quantitative estimate of drug-likeness (QED) is 0.826. The summed E-state index contributed by atoms with van der Waals surface area (Å²) in [5.41, 5.74) is 8.46. The normalized spacial score (nSPS) is 16.6. The minimum atomic E-state index is -0.491. The lowest BCUT2D eigenvalue weighted by Gasteiger charge is -2.21.